The molecule has 0 aliphatic carbocycles. The van der Waals surface area contributed by atoms with Crippen molar-refractivity contribution in [2.45, 2.75) is 30.8 Å². The summed E-state index contributed by atoms with van der Waals surface area (Å²) in [6, 6.07) is 2.31. The van der Waals surface area contributed by atoms with E-state index in [1.165, 1.54) is 6.07 Å². The van der Waals surface area contributed by atoms with Crippen LogP contribution in [0.5, 0.6) is 0 Å². The Labute approximate surface area is 120 Å². The summed E-state index contributed by atoms with van der Waals surface area (Å²) in [5.74, 6) is -0.910. The van der Waals surface area contributed by atoms with Gasteiger partial charge in [0, 0.05) is 12.2 Å². The second kappa shape index (κ2) is 6.65. The van der Waals surface area contributed by atoms with E-state index in [4.69, 9.17) is 5.73 Å². The maximum absolute atomic E-state index is 13.8. The van der Waals surface area contributed by atoms with Crippen molar-refractivity contribution in [3.8, 4) is 0 Å². The van der Waals surface area contributed by atoms with Crippen LogP contribution in [-0.4, -0.2) is 26.2 Å². The third-order valence-corrected chi connectivity index (χ3v) is 4.44. The number of nitrogen functional groups attached to an aromatic ring is 1. The molecule has 5 nitrogen and oxygen atoms in total. The number of halogens is 2. The Balaban J connectivity index is 2.95. The number of aliphatic hydroxyl groups is 1. The lowest BCUT2D eigenvalue weighted by Gasteiger charge is -2.12. The number of aliphatic hydroxyl groups excluding tert-OH is 1. The molecule has 0 spiro atoms. The minimum Gasteiger partial charge on any atom is -0.399 e. The lowest BCUT2D eigenvalue weighted by Crippen LogP contribution is -2.32. The number of benzene rings is 1. The molecule has 1 rings (SSSR count). The van der Waals surface area contributed by atoms with E-state index in [1.807, 2.05) is 6.92 Å². The molecule has 0 saturated heterocycles. The van der Waals surface area contributed by atoms with Gasteiger partial charge in [0.15, 0.2) is 5.82 Å². The summed E-state index contributed by atoms with van der Waals surface area (Å²) in [7, 11) is -4.04. The van der Waals surface area contributed by atoms with E-state index in [0.29, 0.717) is 6.42 Å². The van der Waals surface area contributed by atoms with Crippen molar-refractivity contribution in [1.29, 1.82) is 0 Å². The minimum atomic E-state index is -4.04. The van der Waals surface area contributed by atoms with Crippen LogP contribution in [0.2, 0.25) is 0 Å². The third-order valence-electron chi connectivity index (χ3n) is 2.44. The molecule has 0 saturated carbocycles. The van der Waals surface area contributed by atoms with Crippen LogP contribution in [0.25, 0.3) is 0 Å². The summed E-state index contributed by atoms with van der Waals surface area (Å²) in [5.41, 5.74) is 5.62. The van der Waals surface area contributed by atoms with Crippen molar-refractivity contribution < 1.29 is 17.9 Å². The van der Waals surface area contributed by atoms with Gasteiger partial charge in [-0.2, -0.15) is 0 Å². The zero-order chi connectivity index (χ0) is 14.6. The minimum absolute atomic E-state index is 0.0259. The zero-order valence-electron chi connectivity index (χ0n) is 10.4. The molecule has 8 heteroatoms. The predicted molar refractivity (Wildman–Crippen MR) is 74.6 cm³/mol. The van der Waals surface area contributed by atoms with E-state index in [9.17, 15) is 17.9 Å². The molecule has 0 heterocycles. The molecule has 19 heavy (non-hydrogen) atoms. The summed E-state index contributed by atoms with van der Waals surface area (Å²) in [6.45, 7) is 1.70. The highest BCUT2D eigenvalue weighted by Crippen LogP contribution is 2.25. The molecule has 0 fully saturated rings. The standard InChI is InChI=1S/C11H16BrFN2O3S/c1-2-3-8(16)6-15-19(17,18)10-5-7(14)4-9(12)11(10)13/h4-5,8,15-16H,2-3,6,14H2,1H3. The van der Waals surface area contributed by atoms with Gasteiger partial charge in [-0.1, -0.05) is 13.3 Å². The van der Waals surface area contributed by atoms with E-state index < -0.39 is 26.8 Å². The Hall–Kier alpha value is -0.700. The van der Waals surface area contributed by atoms with Gasteiger partial charge in [-0.15, -0.1) is 0 Å². The molecule has 0 aliphatic rings. The first-order valence-corrected chi connectivity index (χ1v) is 7.97. The molecule has 108 valence electrons. The van der Waals surface area contributed by atoms with Gasteiger partial charge in [-0.05, 0) is 34.5 Å². The van der Waals surface area contributed by atoms with Gasteiger partial charge < -0.3 is 10.8 Å². The highest BCUT2D eigenvalue weighted by Gasteiger charge is 2.22. The van der Waals surface area contributed by atoms with Crippen LogP contribution in [0.1, 0.15) is 19.8 Å². The van der Waals surface area contributed by atoms with E-state index in [1.54, 1.807) is 0 Å². The first-order valence-electron chi connectivity index (χ1n) is 5.70. The van der Waals surface area contributed by atoms with Crippen molar-refractivity contribution in [3.05, 3.63) is 22.4 Å². The van der Waals surface area contributed by atoms with Crippen molar-refractivity contribution in [1.82, 2.24) is 4.72 Å². The molecule has 0 bridgehead atoms. The predicted octanol–water partition coefficient (Wildman–Crippen LogP) is 1.61. The van der Waals surface area contributed by atoms with Crippen molar-refractivity contribution >= 4 is 31.6 Å². The number of rotatable bonds is 6. The maximum atomic E-state index is 13.8. The molecular weight excluding hydrogens is 339 g/mol. The lowest BCUT2D eigenvalue weighted by molar-refractivity contribution is 0.167. The quantitative estimate of drug-likeness (QED) is 0.676. The first kappa shape index (κ1) is 16.4. The number of sulfonamides is 1. The van der Waals surface area contributed by atoms with Crippen LogP contribution in [0.4, 0.5) is 10.1 Å². The van der Waals surface area contributed by atoms with Crippen LogP contribution in [0.15, 0.2) is 21.5 Å². The summed E-state index contributed by atoms with van der Waals surface area (Å²) in [6.07, 6.45) is 0.388. The second-order valence-electron chi connectivity index (χ2n) is 4.11. The number of nitrogens with two attached hydrogens (primary N) is 1. The summed E-state index contributed by atoms with van der Waals surface area (Å²) < 4.78 is 39.8. The highest BCUT2D eigenvalue weighted by molar-refractivity contribution is 9.10. The van der Waals surface area contributed by atoms with Crippen LogP contribution in [0.3, 0.4) is 0 Å². The van der Waals surface area contributed by atoms with Gasteiger partial charge in [-0.3, -0.25) is 0 Å². The zero-order valence-corrected chi connectivity index (χ0v) is 12.8. The van der Waals surface area contributed by atoms with Crippen molar-refractivity contribution in [2.24, 2.45) is 0 Å². The maximum Gasteiger partial charge on any atom is 0.243 e. The Morgan fingerprint density at radius 2 is 2.16 bits per heavy atom. The average Bonchev–Trinajstić information content (AvgIpc) is 2.31. The number of hydrogen-bond acceptors (Lipinski definition) is 4. The fourth-order valence-electron chi connectivity index (χ4n) is 1.50. The lowest BCUT2D eigenvalue weighted by atomic mass is 10.2. The van der Waals surface area contributed by atoms with Gasteiger partial charge >= 0.3 is 0 Å². The van der Waals surface area contributed by atoms with Gasteiger partial charge in [0.2, 0.25) is 10.0 Å². The smallest absolute Gasteiger partial charge is 0.243 e. The summed E-state index contributed by atoms with van der Waals surface area (Å²) >= 11 is 2.90. The van der Waals surface area contributed by atoms with E-state index >= 15 is 0 Å². The molecule has 0 aromatic heterocycles. The number of nitrogens with one attached hydrogen (secondary N) is 1. The Bertz CT molecular complexity index is 551. The van der Waals surface area contributed by atoms with Crippen molar-refractivity contribution in [2.75, 3.05) is 12.3 Å². The number of hydrogen-bond donors (Lipinski definition) is 3. The fraction of sp³-hybridized carbons (Fsp3) is 0.455. The van der Waals surface area contributed by atoms with E-state index in [-0.39, 0.29) is 16.7 Å². The molecule has 1 atom stereocenters. The Morgan fingerprint density at radius 3 is 2.74 bits per heavy atom. The SMILES string of the molecule is CCCC(O)CNS(=O)(=O)c1cc(N)cc(Br)c1F. The van der Waals surface area contributed by atoms with Crippen molar-refractivity contribution in [3.63, 3.8) is 0 Å². The van der Waals surface area contributed by atoms with Gasteiger partial charge in [0.05, 0.1) is 10.6 Å². The first-order chi connectivity index (χ1) is 8.77. The van der Waals surface area contributed by atoms with E-state index in [0.717, 1.165) is 12.5 Å². The molecule has 1 aromatic rings. The average molecular weight is 355 g/mol. The summed E-state index contributed by atoms with van der Waals surface area (Å²) in [4.78, 5) is -0.539. The van der Waals surface area contributed by atoms with Gasteiger partial charge in [0.25, 0.3) is 0 Å². The number of anilines is 1. The van der Waals surface area contributed by atoms with Crippen LogP contribution < -0.4 is 10.5 Å². The molecule has 1 aromatic carbocycles. The third kappa shape index (κ3) is 4.41. The highest BCUT2D eigenvalue weighted by atomic mass is 79.9. The molecule has 0 aliphatic heterocycles. The largest absolute Gasteiger partial charge is 0.399 e. The monoisotopic (exact) mass is 354 g/mol. The normalized spacial score (nSPS) is 13.5. The Morgan fingerprint density at radius 1 is 1.53 bits per heavy atom. The molecular formula is C11H16BrFN2O3S. The van der Waals surface area contributed by atoms with Gasteiger partial charge in [0.1, 0.15) is 4.90 Å². The van der Waals surface area contributed by atoms with E-state index in [2.05, 4.69) is 20.7 Å². The molecule has 0 amide bonds. The van der Waals surface area contributed by atoms with Crippen LogP contribution >= 0.6 is 15.9 Å². The molecule has 1 unspecified atom stereocenters. The van der Waals surface area contributed by atoms with Crippen LogP contribution in [0, 0.1) is 5.82 Å². The Kier molecular flexibility index (Phi) is 5.72. The molecule has 4 N–H and O–H groups in total. The van der Waals surface area contributed by atoms with Crippen LogP contribution in [-0.2, 0) is 10.0 Å². The topological polar surface area (TPSA) is 92.4 Å². The second-order valence-corrected chi connectivity index (χ2v) is 6.70. The fourth-order valence-corrected chi connectivity index (χ4v) is 3.31. The molecule has 0 radical (unpaired) electrons. The summed E-state index contributed by atoms with van der Waals surface area (Å²) in [5, 5.41) is 9.48. The van der Waals surface area contributed by atoms with Gasteiger partial charge in [-0.25, -0.2) is 17.5 Å².